The number of piperidine rings is 1. The van der Waals surface area contributed by atoms with Gasteiger partial charge in [0.05, 0.1) is 25.3 Å². The van der Waals surface area contributed by atoms with Crippen molar-refractivity contribution in [1.82, 2.24) is 14.5 Å². The summed E-state index contributed by atoms with van der Waals surface area (Å²) in [5, 5.41) is 0.649. The fourth-order valence-electron chi connectivity index (χ4n) is 2.36. The molecule has 1 aromatic heterocycles. The molecule has 0 spiro atoms. The lowest BCUT2D eigenvalue weighted by atomic mass is 9.97. The summed E-state index contributed by atoms with van der Waals surface area (Å²) in [6, 6.07) is 0. The Balaban J connectivity index is 1.83. The predicted octanol–water partition coefficient (Wildman–Crippen LogP) is 1.85. The maximum atomic E-state index is 11.6. The molecule has 2 heterocycles. The third-order valence-corrected chi connectivity index (χ3v) is 3.95. The first kappa shape index (κ1) is 14.3. The second-order valence-electron chi connectivity index (χ2n) is 4.86. The van der Waals surface area contributed by atoms with E-state index in [1.165, 1.54) is 0 Å². The lowest BCUT2D eigenvalue weighted by molar-refractivity contribution is -0.149. The number of hydrogen-bond donors (Lipinski definition) is 0. The van der Waals surface area contributed by atoms with Crippen molar-refractivity contribution < 1.29 is 9.53 Å². The van der Waals surface area contributed by atoms with E-state index in [0.717, 1.165) is 38.3 Å². The minimum atomic E-state index is -0.0535. The van der Waals surface area contributed by atoms with Crippen LogP contribution in [0.15, 0.2) is 6.20 Å². The van der Waals surface area contributed by atoms with Crippen molar-refractivity contribution >= 4 is 17.6 Å². The van der Waals surface area contributed by atoms with Crippen molar-refractivity contribution in [3.05, 3.63) is 17.2 Å². The summed E-state index contributed by atoms with van der Waals surface area (Å²) in [6.45, 7) is 4.88. The smallest absolute Gasteiger partial charge is 0.309 e. The highest BCUT2D eigenvalue weighted by Gasteiger charge is 2.26. The predicted molar refractivity (Wildman–Crippen MR) is 72.9 cm³/mol. The molecule has 0 aliphatic carbocycles. The summed E-state index contributed by atoms with van der Waals surface area (Å²) in [4.78, 5) is 18.2. The Kier molecular flexibility index (Phi) is 4.82. The molecule has 5 nitrogen and oxygen atoms in total. The summed E-state index contributed by atoms with van der Waals surface area (Å²) in [7, 11) is 1.91. The molecule has 106 valence electrons. The van der Waals surface area contributed by atoms with Crippen LogP contribution >= 0.6 is 11.6 Å². The fraction of sp³-hybridized carbons (Fsp3) is 0.692. The van der Waals surface area contributed by atoms with Crippen LogP contribution in [0.5, 0.6) is 0 Å². The minimum Gasteiger partial charge on any atom is -0.466 e. The molecule has 0 saturated carbocycles. The van der Waals surface area contributed by atoms with Crippen molar-refractivity contribution in [2.24, 2.45) is 13.0 Å². The van der Waals surface area contributed by atoms with E-state index in [0.29, 0.717) is 11.8 Å². The number of imidazole rings is 1. The van der Waals surface area contributed by atoms with Gasteiger partial charge in [-0.1, -0.05) is 11.6 Å². The first-order valence-electron chi connectivity index (χ1n) is 6.67. The number of carbonyl (C=O) groups is 1. The van der Waals surface area contributed by atoms with Gasteiger partial charge in [0.1, 0.15) is 11.0 Å². The molecular formula is C13H20ClN3O2. The van der Waals surface area contributed by atoms with Gasteiger partial charge in [-0.05, 0) is 32.9 Å². The van der Waals surface area contributed by atoms with Crippen LogP contribution in [0.2, 0.25) is 5.15 Å². The first-order chi connectivity index (χ1) is 9.11. The van der Waals surface area contributed by atoms with Crippen molar-refractivity contribution in [1.29, 1.82) is 0 Å². The quantitative estimate of drug-likeness (QED) is 0.792. The van der Waals surface area contributed by atoms with E-state index in [-0.39, 0.29) is 11.9 Å². The molecule has 6 heteroatoms. The largest absolute Gasteiger partial charge is 0.466 e. The molecule has 0 N–H and O–H groups in total. The van der Waals surface area contributed by atoms with Crippen LogP contribution in [-0.2, 0) is 23.1 Å². The van der Waals surface area contributed by atoms with E-state index < -0.39 is 0 Å². The van der Waals surface area contributed by atoms with Crippen molar-refractivity contribution in [3.8, 4) is 0 Å². The van der Waals surface area contributed by atoms with Crippen LogP contribution in [0.25, 0.3) is 0 Å². The highest BCUT2D eigenvalue weighted by atomic mass is 35.5. The van der Waals surface area contributed by atoms with Gasteiger partial charge in [0.2, 0.25) is 0 Å². The Morgan fingerprint density at radius 3 is 2.74 bits per heavy atom. The summed E-state index contributed by atoms with van der Waals surface area (Å²) >= 11 is 5.97. The molecule has 0 unspecified atom stereocenters. The molecule has 19 heavy (non-hydrogen) atoms. The standard InChI is InChI=1S/C13H20ClN3O2/c1-3-19-13(18)10-4-6-17(7-5-10)9-12-15-8-11(14)16(12)2/h8,10H,3-7,9H2,1-2H3. The number of aromatic nitrogens is 2. The lowest BCUT2D eigenvalue weighted by Crippen LogP contribution is -2.37. The number of rotatable bonds is 4. The summed E-state index contributed by atoms with van der Waals surface area (Å²) < 4.78 is 6.95. The number of nitrogens with zero attached hydrogens (tertiary/aromatic N) is 3. The van der Waals surface area contributed by atoms with Crippen LogP contribution in [-0.4, -0.2) is 40.1 Å². The highest BCUT2D eigenvalue weighted by Crippen LogP contribution is 2.20. The molecule has 1 saturated heterocycles. The fourth-order valence-corrected chi connectivity index (χ4v) is 2.50. The van der Waals surface area contributed by atoms with E-state index in [1.807, 2.05) is 18.5 Å². The Morgan fingerprint density at radius 1 is 1.53 bits per heavy atom. The van der Waals surface area contributed by atoms with Crippen LogP contribution in [0, 0.1) is 5.92 Å². The van der Waals surface area contributed by atoms with Crippen LogP contribution < -0.4 is 0 Å². The Labute approximate surface area is 118 Å². The zero-order valence-electron chi connectivity index (χ0n) is 11.4. The average molecular weight is 286 g/mol. The second kappa shape index (κ2) is 6.39. The van der Waals surface area contributed by atoms with Gasteiger partial charge in [0.25, 0.3) is 0 Å². The third-order valence-electron chi connectivity index (χ3n) is 3.60. The molecule has 1 aliphatic rings. The molecule has 0 aromatic carbocycles. The van der Waals surface area contributed by atoms with E-state index in [9.17, 15) is 4.79 Å². The number of esters is 1. The summed E-state index contributed by atoms with van der Waals surface area (Å²) in [5.41, 5.74) is 0. The maximum Gasteiger partial charge on any atom is 0.309 e. The summed E-state index contributed by atoms with van der Waals surface area (Å²) in [5.74, 6) is 0.961. The molecular weight excluding hydrogens is 266 g/mol. The lowest BCUT2D eigenvalue weighted by Gasteiger charge is -2.30. The molecule has 0 atom stereocenters. The number of likely N-dealkylation sites (tertiary alicyclic amines) is 1. The zero-order chi connectivity index (χ0) is 13.8. The molecule has 1 aliphatic heterocycles. The number of halogens is 1. The van der Waals surface area contributed by atoms with Gasteiger partial charge in [0.15, 0.2) is 0 Å². The van der Waals surface area contributed by atoms with Crippen LogP contribution in [0.4, 0.5) is 0 Å². The van der Waals surface area contributed by atoms with Crippen molar-refractivity contribution in [3.63, 3.8) is 0 Å². The second-order valence-corrected chi connectivity index (χ2v) is 5.25. The van der Waals surface area contributed by atoms with Gasteiger partial charge in [-0.15, -0.1) is 0 Å². The third kappa shape index (κ3) is 3.48. The monoisotopic (exact) mass is 285 g/mol. The zero-order valence-corrected chi connectivity index (χ0v) is 12.2. The van der Waals surface area contributed by atoms with Gasteiger partial charge in [-0.3, -0.25) is 9.69 Å². The Hall–Kier alpha value is -1.07. The Bertz CT molecular complexity index is 439. The van der Waals surface area contributed by atoms with Crippen LogP contribution in [0.3, 0.4) is 0 Å². The molecule has 1 fully saturated rings. The van der Waals surface area contributed by atoms with E-state index >= 15 is 0 Å². The number of hydrogen-bond acceptors (Lipinski definition) is 4. The van der Waals surface area contributed by atoms with Crippen molar-refractivity contribution in [2.45, 2.75) is 26.3 Å². The maximum absolute atomic E-state index is 11.6. The topological polar surface area (TPSA) is 47.4 Å². The van der Waals surface area contributed by atoms with Gasteiger partial charge >= 0.3 is 5.97 Å². The SMILES string of the molecule is CCOC(=O)C1CCN(Cc2ncc(Cl)n2C)CC1. The number of ether oxygens (including phenoxy) is 1. The van der Waals surface area contributed by atoms with Crippen molar-refractivity contribution in [2.75, 3.05) is 19.7 Å². The molecule has 0 radical (unpaired) electrons. The molecule has 0 bridgehead atoms. The summed E-state index contributed by atoms with van der Waals surface area (Å²) in [6.07, 6.45) is 3.39. The minimum absolute atomic E-state index is 0.0535. The number of carbonyl (C=O) groups excluding carboxylic acids is 1. The van der Waals surface area contributed by atoms with Gasteiger partial charge in [-0.25, -0.2) is 4.98 Å². The van der Waals surface area contributed by atoms with E-state index in [2.05, 4.69) is 9.88 Å². The van der Waals surface area contributed by atoms with Crippen LogP contribution in [0.1, 0.15) is 25.6 Å². The van der Waals surface area contributed by atoms with Gasteiger partial charge in [0, 0.05) is 7.05 Å². The molecule has 0 amide bonds. The Morgan fingerprint density at radius 2 is 2.21 bits per heavy atom. The molecule has 1 aromatic rings. The first-order valence-corrected chi connectivity index (χ1v) is 7.04. The van der Waals surface area contributed by atoms with E-state index in [1.54, 1.807) is 6.20 Å². The average Bonchev–Trinajstić information content (AvgIpc) is 2.72. The molecule has 2 rings (SSSR count). The van der Waals surface area contributed by atoms with Gasteiger partial charge < -0.3 is 9.30 Å². The van der Waals surface area contributed by atoms with E-state index in [4.69, 9.17) is 16.3 Å². The normalized spacial score (nSPS) is 17.6. The highest BCUT2D eigenvalue weighted by molar-refractivity contribution is 6.29. The van der Waals surface area contributed by atoms with Gasteiger partial charge in [-0.2, -0.15) is 0 Å².